The second-order valence-corrected chi connectivity index (χ2v) is 7.90. The van der Waals surface area contributed by atoms with Crippen LogP contribution in [-0.2, 0) is 5.60 Å². The Balaban J connectivity index is 1.59. The minimum absolute atomic E-state index is 0.243. The largest absolute Gasteiger partial charge is 0.508 e. The predicted molar refractivity (Wildman–Crippen MR) is 94.2 cm³/mol. The summed E-state index contributed by atoms with van der Waals surface area (Å²) in [5.41, 5.74) is 0.732. The smallest absolute Gasteiger partial charge is 0.125 e. The lowest BCUT2D eigenvalue weighted by Crippen LogP contribution is -2.43. The molecule has 0 bridgehead atoms. The molecule has 1 aromatic carbocycles. The highest BCUT2D eigenvalue weighted by Gasteiger charge is 2.36. The van der Waals surface area contributed by atoms with Gasteiger partial charge in [-0.15, -0.1) is 11.3 Å². The number of aromatic nitrogens is 1. The van der Waals surface area contributed by atoms with Gasteiger partial charge in [-0.05, 0) is 49.9 Å². The van der Waals surface area contributed by atoms with Crippen molar-refractivity contribution < 1.29 is 15.3 Å². The number of hydrogen-bond donors (Lipinski definition) is 3. The third-order valence-electron chi connectivity index (χ3n) is 4.74. The van der Waals surface area contributed by atoms with Crippen molar-refractivity contribution >= 4 is 11.3 Å². The summed E-state index contributed by atoms with van der Waals surface area (Å²) in [6, 6.07) is 5.19. The fourth-order valence-electron chi connectivity index (χ4n) is 3.13. The molecule has 1 atom stereocenters. The van der Waals surface area contributed by atoms with Crippen LogP contribution in [0, 0.1) is 13.8 Å². The zero-order valence-corrected chi connectivity index (χ0v) is 14.9. The number of benzene rings is 1. The maximum absolute atomic E-state index is 10.8. The van der Waals surface area contributed by atoms with Gasteiger partial charge in [0.05, 0.1) is 6.10 Å². The van der Waals surface area contributed by atoms with Crippen LogP contribution >= 0.6 is 11.3 Å². The Kier molecular flexibility index (Phi) is 4.92. The van der Waals surface area contributed by atoms with Crippen LogP contribution in [0.1, 0.15) is 40.0 Å². The molecule has 5 nitrogen and oxygen atoms in total. The number of phenols is 1. The molecule has 6 heteroatoms. The first-order chi connectivity index (χ1) is 11.4. The summed E-state index contributed by atoms with van der Waals surface area (Å²) in [6.07, 6.45) is 2.46. The number of aliphatic hydroxyl groups is 2. The van der Waals surface area contributed by atoms with Crippen LogP contribution in [0.4, 0.5) is 0 Å². The normalized spacial score (nSPS) is 19.3. The summed E-state index contributed by atoms with van der Waals surface area (Å²) in [5, 5.41) is 31.7. The SMILES string of the molecule is Cc1cnc(C2(O)CCN(CC(O)c3ccc(O)c(C)c3)CC2)s1. The highest BCUT2D eigenvalue weighted by Crippen LogP contribution is 2.35. The van der Waals surface area contributed by atoms with Gasteiger partial charge in [-0.2, -0.15) is 0 Å². The Hall–Kier alpha value is -1.47. The van der Waals surface area contributed by atoms with E-state index in [0.29, 0.717) is 19.4 Å². The third kappa shape index (κ3) is 3.62. The van der Waals surface area contributed by atoms with Crippen LogP contribution in [0.25, 0.3) is 0 Å². The van der Waals surface area contributed by atoms with Gasteiger partial charge in [0.25, 0.3) is 0 Å². The lowest BCUT2D eigenvalue weighted by molar-refractivity contribution is -0.0345. The Labute approximate surface area is 146 Å². The van der Waals surface area contributed by atoms with E-state index in [2.05, 4.69) is 9.88 Å². The van der Waals surface area contributed by atoms with Crippen molar-refractivity contribution in [3.8, 4) is 5.75 Å². The maximum Gasteiger partial charge on any atom is 0.125 e. The molecule has 1 saturated heterocycles. The Morgan fingerprint density at radius 2 is 2.00 bits per heavy atom. The number of phenolic OH excluding ortho intramolecular Hbond substituents is 1. The summed E-state index contributed by atoms with van der Waals surface area (Å²) in [5.74, 6) is 0.243. The molecular weight excluding hydrogens is 324 g/mol. The number of aliphatic hydroxyl groups excluding tert-OH is 1. The number of thiazole rings is 1. The molecule has 130 valence electrons. The molecule has 1 unspecified atom stereocenters. The van der Waals surface area contributed by atoms with Crippen LogP contribution in [0.15, 0.2) is 24.4 Å². The third-order valence-corrected chi connectivity index (χ3v) is 5.85. The van der Waals surface area contributed by atoms with Gasteiger partial charge in [0.1, 0.15) is 16.4 Å². The Morgan fingerprint density at radius 1 is 1.29 bits per heavy atom. The fraction of sp³-hybridized carbons (Fsp3) is 0.500. The van der Waals surface area contributed by atoms with Crippen molar-refractivity contribution in [2.45, 2.75) is 38.4 Å². The second-order valence-electron chi connectivity index (χ2n) is 6.67. The number of rotatable bonds is 4. The van der Waals surface area contributed by atoms with Gasteiger partial charge in [0, 0.05) is 30.7 Å². The zero-order valence-electron chi connectivity index (χ0n) is 14.1. The lowest BCUT2D eigenvalue weighted by atomic mass is 9.91. The van der Waals surface area contributed by atoms with Crippen molar-refractivity contribution in [3.05, 3.63) is 45.4 Å². The van der Waals surface area contributed by atoms with Gasteiger partial charge < -0.3 is 20.2 Å². The van der Waals surface area contributed by atoms with Crippen molar-refractivity contribution in [2.75, 3.05) is 19.6 Å². The molecule has 24 heavy (non-hydrogen) atoms. The average Bonchev–Trinajstić information content (AvgIpc) is 3.00. The van der Waals surface area contributed by atoms with Gasteiger partial charge in [0.15, 0.2) is 0 Å². The molecular formula is C18H24N2O3S. The predicted octanol–water partition coefficient (Wildman–Crippen LogP) is 2.48. The van der Waals surface area contributed by atoms with E-state index >= 15 is 0 Å². The van der Waals surface area contributed by atoms with Crippen molar-refractivity contribution in [3.63, 3.8) is 0 Å². The second kappa shape index (κ2) is 6.80. The van der Waals surface area contributed by atoms with E-state index in [1.807, 2.05) is 19.9 Å². The summed E-state index contributed by atoms with van der Waals surface area (Å²) in [4.78, 5) is 7.62. The van der Waals surface area contributed by atoms with E-state index in [4.69, 9.17) is 0 Å². The lowest BCUT2D eigenvalue weighted by Gasteiger charge is -2.37. The summed E-state index contributed by atoms with van der Waals surface area (Å²) in [6.45, 7) is 5.79. The van der Waals surface area contributed by atoms with Gasteiger partial charge in [0.2, 0.25) is 0 Å². The minimum Gasteiger partial charge on any atom is -0.508 e. The van der Waals surface area contributed by atoms with Gasteiger partial charge in [-0.3, -0.25) is 0 Å². The number of aromatic hydroxyl groups is 1. The van der Waals surface area contributed by atoms with E-state index in [1.54, 1.807) is 29.7 Å². The Bertz CT molecular complexity index is 708. The minimum atomic E-state index is -0.838. The highest BCUT2D eigenvalue weighted by atomic mass is 32.1. The molecule has 2 aromatic rings. The standard InChI is InChI=1S/C18H24N2O3S/c1-12-9-14(3-4-15(12)21)16(22)11-20-7-5-18(23,6-8-20)17-19-10-13(2)24-17/h3-4,9-10,16,21-23H,5-8,11H2,1-2H3. The van der Waals surface area contributed by atoms with E-state index < -0.39 is 11.7 Å². The van der Waals surface area contributed by atoms with Crippen molar-refractivity contribution in [1.29, 1.82) is 0 Å². The molecule has 0 aliphatic carbocycles. The van der Waals surface area contributed by atoms with Crippen molar-refractivity contribution in [2.24, 2.45) is 0 Å². The van der Waals surface area contributed by atoms with Gasteiger partial charge >= 0.3 is 0 Å². The number of nitrogens with zero attached hydrogens (tertiary/aromatic N) is 2. The molecule has 1 aliphatic heterocycles. The molecule has 1 aliphatic rings. The van der Waals surface area contributed by atoms with Crippen LogP contribution in [-0.4, -0.2) is 44.8 Å². The topological polar surface area (TPSA) is 76.8 Å². The molecule has 1 fully saturated rings. The maximum atomic E-state index is 10.8. The number of piperidine rings is 1. The van der Waals surface area contributed by atoms with E-state index in [9.17, 15) is 15.3 Å². The van der Waals surface area contributed by atoms with Crippen LogP contribution in [0.5, 0.6) is 5.75 Å². The number of hydrogen-bond acceptors (Lipinski definition) is 6. The molecule has 3 rings (SSSR count). The van der Waals surface area contributed by atoms with Crippen LogP contribution in [0.3, 0.4) is 0 Å². The quantitative estimate of drug-likeness (QED) is 0.791. The molecule has 0 amide bonds. The average molecular weight is 348 g/mol. The van der Waals surface area contributed by atoms with Gasteiger partial charge in [-0.25, -0.2) is 4.98 Å². The Morgan fingerprint density at radius 3 is 2.58 bits per heavy atom. The van der Waals surface area contributed by atoms with E-state index in [1.165, 1.54) is 0 Å². The zero-order chi connectivity index (χ0) is 17.3. The molecule has 1 aromatic heterocycles. The fourth-order valence-corrected chi connectivity index (χ4v) is 4.04. The molecule has 2 heterocycles. The van der Waals surface area contributed by atoms with Crippen molar-refractivity contribution in [1.82, 2.24) is 9.88 Å². The molecule has 3 N–H and O–H groups in total. The monoisotopic (exact) mass is 348 g/mol. The molecule has 0 radical (unpaired) electrons. The number of likely N-dealkylation sites (tertiary alicyclic amines) is 1. The van der Waals surface area contributed by atoms with E-state index in [-0.39, 0.29) is 5.75 Å². The molecule has 0 spiro atoms. The first kappa shape index (κ1) is 17.4. The molecule has 0 saturated carbocycles. The summed E-state index contributed by atoms with van der Waals surface area (Å²) in [7, 11) is 0. The summed E-state index contributed by atoms with van der Waals surface area (Å²) >= 11 is 1.56. The highest BCUT2D eigenvalue weighted by molar-refractivity contribution is 7.11. The summed E-state index contributed by atoms with van der Waals surface area (Å²) < 4.78 is 0. The van der Waals surface area contributed by atoms with Crippen LogP contribution in [0.2, 0.25) is 0 Å². The van der Waals surface area contributed by atoms with Gasteiger partial charge in [-0.1, -0.05) is 6.07 Å². The number of β-amino-alcohol motifs (C(OH)–C–C–N with tert-alkyl or cyclic N) is 1. The van der Waals surface area contributed by atoms with Crippen LogP contribution < -0.4 is 0 Å². The number of aryl methyl sites for hydroxylation is 2. The van der Waals surface area contributed by atoms with E-state index in [0.717, 1.165) is 34.1 Å². The first-order valence-corrected chi connectivity index (χ1v) is 9.04. The first-order valence-electron chi connectivity index (χ1n) is 8.22.